The fraction of sp³-hybridized carbons (Fsp3) is 0.500. The predicted molar refractivity (Wildman–Crippen MR) is 125 cm³/mol. The van der Waals surface area contributed by atoms with Gasteiger partial charge in [0.05, 0.1) is 6.04 Å². The molecule has 2 heterocycles. The Morgan fingerprint density at radius 2 is 2.00 bits per heavy atom. The molecule has 0 fully saturated rings. The molecule has 0 spiro atoms. The molecule has 3 amide bonds. The van der Waals surface area contributed by atoms with Gasteiger partial charge in [-0.1, -0.05) is 24.6 Å². The lowest BCUT2D eigenvalue weighted by molar-refractivity contribution is -0.135. The van der Waals surface area contributed by atoms with Crippen molar-refractivity contribution < 1.29 is 14.3 Å². The molecule has 31 heavy (non-hydrogen) atoms. The number of nitrogens with one attached hydrogen (secondary N) is 1. The number of nitrogens with zero attached hydrogens (tertiary/aromatic N) is 2. The Labute approximate surface area is 189 Å². The first kappa shape index (κ1) is 23.1. The summed E-state index contributed by atoms with van der Waals surface area (Å²) in [6.45, 7) is 9.61. The van der Waals surface area contributed by atoms with Crippen molar-refractivity contribution in [1.29, 1.82) is 0 Å². The molecule has 3 rings (SSSR count). The Bertz CT molecular complexity index is 878. The van der Waals surface area contributed by atoms with Crippen LogP contribution in [0.1, 0.15) is 49.2 Å². The highest BCUT2D eigenvalue weighted by molar-refractivity contribution is 7.10. The Kier molecular flexibility index (Phi) is 7.96. The van der Waals surface area contributed by atoms with E-state index < -0.39 is 0 Å². The van der Waals surface area contributed by atoms with E-state index in [0.717, 1.165) is 24.2 Å². The average Bonchev–Trinajstić information content (AvgIpc) is 3.24. The van der Waals surface area contributed by atoms with Crippen LogP contribution in [-0.2, 0) is 11.2 Å². The highest BCUT2D eigenvalue weighted by Crippen LogP contribution is 2.34. The van der Waals surface area contributed by atoms with E-state index in [4.69, 9.17) is 4.74 Å². The number of rotatable bonds is 8. The van der Waals surface area contributed by atoms with Crippen molar-refractivity contribution in [3.8, 4) is 5.75 Å². The van der Waals surface area contributed by atoms with Crippen LogP contribution in [0.5, 0.6) is 5.75 Å². The topological polar surface area (TPSA) is 61.9 Å². The fourth-order valence-electron chi connectivity index (χ4n) is 3.74. The van der Waals surface area contributed by atoms with Crippen LogP contribution in [0.4, 0.5) is 4.79 Å². The Hall–Kier alpha value is -2.54. The maximum Gasteiger partial charge on any atom is 0.318 e. The minimum atomic E-state index is -0.189. The first-order valence-corrected chi connectivity index (χ1v) is 11.9. The molecule has 1 aromatic heterocycles. The SMILES string of the molecule is CCCNC(=O)N(CC(=O)N1CCc2sccc2[C@@H]1COc1ccc(C)cc1)C(C)C. The summed E-state index contributed by atoms with van der Waals surface area (Å²) >= 11 is 1.73. The summed E-state index contributed by atoms with van der Waals surface area (Å²) in [5, 5.41) is 4.97. The molecule has 0 aliphatic carbocycles. The summed E-state index contributed by atoms with van der Waals surface area (Å²) < 4.78 is 6.08. The van der Waals surface area contributed by atoms with E-state index in [1.54, 1.807) is 16.2 Å². The van der Waals surface area contributed by atoms with Crippen molar-refractivity contribution in [3.05, 3.63) is 51.7 Å². The molecule has 1 aromatic carbocycles. The van der Waals surface area contributed by atoms with Crippen LogP contribution in [0.3, 0.4) is 0 Å². The van der Waals surface area contributed by atoms with Crippen LogP contribution in [0.25, 0.3) is 0 Å². The highest BCUT2D eigenvalue weighted by Gasteiger charge is 2.34. The van der Waals surface area contributed by atoms with Gasteiger partial charge in [-0.3, -0.25) is 4.79 Å². The molecule has 168 valence electrons. The van der Waals surface area contributed by atoms with Gasteiger partial charge in [0.1, 0.15) is 18.9 Å². The van der Waals surface area contributed by atoms with Gasteiger partial charge in [0.2, 0.25) is 5.91 Å². The van der Waals surface area contributed by atoms with Crippen molar-refractivity contribution in [1.82, 2.24) is 15.1 Å². The summed E-state index contributed by atoms with van der Waals surface area (Å²) in [4.78, 5) is 30.7. The zero-order valence-corrected chi connectivity index (χ0v) is 19.7. The lowest BCUT2D eigenvalue weighted by Gasteiger charge is -2.37. The molecule has 7 heteroatoms. The van der Waals surface area contributed by atoms with E-state index >= 15 is 0 Å². The monoisotopic (exact) mass is 443 g/mol. The molecule has 2 aromatic rings. The molecule has 0 bridgehead atoms. The highest BCUT2D eigenvalue weighted by atomic mass is 32.1. The second kappa shape index (κ2) is 10.7. The number of urea groups is 1. The van der Waals surface area contributed by atoms with Gasteiger partial charge < -0.3 is 19.9 Å². The van der Waals surface area contributed by atoms with Gasteiger partial charge >= 0.3 is 6.03 Å². The standard InChI is InChI=1S/C24H33N3O3S/c1-5-12-25-24(29)27(17(2)3)15-23(28)26-13-10-22-20(11-14-31-22)21(26)16-30-19-8-6-18(4)7-9-19/h6-9,11,14,17,21H,5,10,12-13,15-16H2,1-4H3,(H,25,29)/t21-/m0/s1. The summed E-state index contributed by atoms with van der Waals surface area (Å²) in [7, 11) is 0. The van der Waals surface area contributed by atoms with Gasteiger partial charge in [-0.2, -0.15) is 0 Å². The molecule has 1 aliphatic rings. The van der Waals surface area contributed by atoms with E-state index in [1.165, 1.54) is 10.4 Å². The zero-order valence-electron chi connectivity index (χ0n) is 18.9. The number of aryl methyl sites for hydroxylation is 1. The van der Waals surface area contributed by atoms with Crippen molar-refractivity contribution in [3.63, 3.8) is 0 Å². The van der Waals surface area contributed by atoms with Crippen molar-refractivity contribution >= 4 is 23.3 Å². The lowest BCUT2D eigenvalue weighted by Crippen LogP contribution is -2.51. The Morgan fingerprint density at radius 3 is 2.68 bits per heavy atom. The van der Waals surface area contributed by atoms with Gasteiger partial charge in [-0.05, 0) is 62.8 Å². The normalized spacial score (nSPS) is 15.5. The number of thiophene rings is 1. The first-order valence-electron chi connectivity index (χ1n) is 11.0. The van der Waals surface area contributed by atoms with Gasteiger partial charge in [0.25, 0.3) is 0 Å². The number of hydrogen-bond acceptors (Lipinski definition) is 4. The summed E-state index contributed by atoms with van der Waals surface area (Å²) in [6.07, 6.45) is 1.70. The smallest absolute Gasteiger partial charge is 0.318 e. The Balaban J connectivity index is 1.74. The second-order valence-electron chi connectivity index (χ2n) is 8.23. The molecule has 0 unspecified atom stereocenters. The maximum atomic E-state index is 13.3. The lowest BCUT2D eigenvalue weighted by atomic mass is 10.0. The maximum absolute atomic E-state index is 13.3. The van der Waals surface area contributed by atoms with Crippen LogP contribution >= 0.6 is 11.3 Å². The molecule has 0 radical (unpaired) electrons. The molecule has 0 saturated heterocycles. The fourth-order valence-corrected chi connectivity index (χ4v) is 4.67. The second-order valence-corrected chi connectivity index (χ2v) is 9.23. The van der Waals surface area contributed by atoms with Crippen LogP contribution in [-0.4, -0.2) is 54.0 Å². The first-order chi connectivity index (χ1) is 14.9. The predicted octanol–water partition coefficient (Wildman–Crippen LogP) is 4.39. The van der Waals surface area contributed by atoms with Gasteiger partial charge in [-0.15, -0.1) is 11.3 Å². The number of carbonyl (C=O) groups excluding carboxylic acids is 2. The molecular weight excluding hydrogens is 410 g/mol. The average molecular weight is 444 g/mol. The summed E-state index contributed by atoms with van der Waals surface area (Å²) in [6, 6.07) is 9.63. The third-order valence-corrected chi connectivity index (χ3v) is 6.56. The van der Waals surface area contributed by atoms with Crippen molar-refractivity contribution in [2.24, 2.45) is 0 Å². The number of amides is 3. The molecule has 1 atom stereocenters. The summed E-state index contributed by atoms with van der Waals surface area (Å²) in [5.41, 5.74) is 2.33. The van der Waals surface area contributed by atoms with Crippen LogP contribution in [0, 0.1) is 6.92 Å². The summed E-state index contributed by atoms with van der Waals surface area (Å²) in [5.74, 6) is 0.748. The van der Waals surface area contributed by atoms with E-state index in [2.05, 4.69) is 16.8 Å². The number of benzene rings is 1. The largest absolute Gasteiger partial charge is 0.491 e. The third-order valence-electron chi connectivity index (χ3n) is 5.56. The molecule has 0 saturated carbocycles. The quantitative estimate of drug-likeness (QED) is 0.658. The Morgan fingerprint density at radius 1 is 1.26 bits per heavy atom. The molecule has 6 nitrogen and oxygen atoms in total. The van der Waals surface area contributed by atoms with Gasteiger partial charge in [0, 0.05) is 24.0 Å². The molecule has 1 N–H and O–H groups in total. The van der Waals surface area contributed by atoms with Crippen molar-refractivity contribution in [2.45, 2.75) is 52.6 Å². The molecule has 1 aliphatic heterocycles. The molecular formula is C24H33N3O3S. The van der Waals surface area contributed by atoms with Crippen molar-refractivity contribution in [2.75, 3.05) is 26.2 Å². The van der Waals surface area contributed by atoms with Gasteiger partial charge in [0.15, 0.2) is 0 Å². The minimum absolute atomic E-state index is 0.0466. The third kappa shape index (κ3) is 5.79. The number of carbonyl (C=O) groups is 2. The van der Waals surface area contributed by atoms with Crippen LogP contribution < -0.4 is 10.1 Å². The van der Waals surface area contributed by atoms with E-state index in [1.807, 2.05) is 56.9 Å². The van der Waals surface area contributed by atoms with E-state index in [-0.39, 0.29) is 30.6 Å². The number of fused-ring (bicyclic) bond motifs is 1. The van der Waals surface area contributed by atoms with Crippen LogP contribution in [0.2, 0.25) is 0 Å². The van der Waals surface area contributed by atoms with Gasteiger partial charge in [-0.25, -0.2) is 4.79 Å². The number of hydrogen-bond donors (Lipinski definition) is 1. The zero-order chi connectivity index (χ0) is 22.4. The van der Waals surface area contributed by atoms with E-state index in [0.29, 0.717) is 19.7 Å². The number of ether oxygens (including phenoxy) is 1. The minimum Gasteiger partial charge on any atom is -0.491 e. The van der Waals surface area contributed by atoms with Crippen LogP contribution in [0.15, 0.2) is 35.7 Å². The van der Waals surface area contributed by atoms with E-state index in [9.17, 15) is 9.59 Å².